The minimum absolute atomic E-state index is 0.0639. The van der Waals surface area contributed by atoms with Gasteiger partial charge in [-0.25, -0.2) is 0 Å². The summed E-state index contributed by atoms with van der Waals surface area (Å²) in [5.41, 5.74) is 1.59. The van der Waals surface area contributed by atoms with Crippen LogP contribution in [-0.4, -0.2) is 48.6 Å². The molecule has 0 saturated carbocycles. The molecule has 1 fully saturated rings. The van der Waals surface area contributed by atoms with E-state index in [1.54, 1.807) is 11.3 Å². The van der Waals surface area contributed by atoms with E-state index in [9.17, 15) is 4.79 Å². The summed E-state index contributed by atoms with van der Waals surface area (Å²) in [6.45, 7) is 3.88. The summed E-state index contributed by atoms with van der Waals surface area (Å²) in [6, 6.07) is 14.2. The molecule has 0 spiro atoms. The summed E-state index contributed by atoms with van der Waals surface area (Å²) < 4.78 is 5.47. The second kappa shape index (κ2) is 7.39. The van der Waals surface area contributed by atoms with E-state index in [1.807, 2.05) is 30.3 Å². The molecule has 6 heteroatoms. The molecule has 130 valence electrons. The molecule has 2 N–H and O–H groups in total. The first-order chi connectivity index (χ1) is 12.3. The van der Waals surface area contributed by atoms with Gasteiger partial charge in [-0.15, -0.1) is 11.3 Å². The Morgan fingerprint density at radius 3 is 2.84 bits per heavy atom. The standard InChI is InChI=1S/C19H21N3O2S/c23-19(16-12-14-4-1-2-5-15(14)21-16)20-13-17(18-6-3-11-25-18)22-7-9-24-10-8-22/h1-6,11-12,17,21H,7-10,13H2,(H,20,23). The minimum atomic E-state index is -0.0639. The fourth-order valence-corrected chi connectivity index (χ4v) is 4.12. The largest absolute Gasteiger partial charge is 0.379 e. The van der Waals surface area contributed by atoms with Crippen LogP contribution in [0.5, 0.6) is 0 Å². The molecule has 3 heterocycles. The molecular weight excluding hydrogens is 334 g/mol. The molecule has 1 amide bonds. The van der Waals surface area contributed by atoms with Crippen LogP contribution in [0.3, 0.4) is 0 Å². The SMILES string of the molecule is O=C(NCC(c1cccs1)N1CCOCC1)c1cc2ccccc2[nH]1. The number of carbonyl (C=O) groups excluding carboxylic acids is 1. The quantitative estimate of drug-likeness (QED) is 0.740. The van der Waals surface area contributed by atoms with Crippen LogP contribution >= 0.6 is 11.3 Å². The second-order valence-electron chi connectivity index (χ2n) is 6.16. The molecule has 1 aromatic carbocycles. The molecule has 1 unspecified atom stereocenters. The van der Waals surface area contributed by atoms with Crippen LogP contribution in [0.25, 0.3) is 10.9 Å². The number of hydrogen-bond acceptors (Lipinski definition) is 4. The third-order valence-electron chi connectivity index (χ3n) is 4.59. The van der Waals surface area contributed by atoms with Crippen molar-refractivity contribution in [2.75, 3.05) is 32.8 Å². The van der Waals surface area contributed by atoms with Gasteiger partial charge >= 0.3 is 0 Å². The molecule has 0 radical (unpaired) electrons. The van der Waals surface area contributed by atoms with Gasteiger partial charge in [0.05, 0.1) is 19.3 Å². The molecule has 3 aromatic rings. The zero-order chi connectivity index (χ0) is 17.1. The lowest BCUT2D eigenvalue weighted by molar-refractivity contribution is 0.0169. The van der Waals surface area contributed by atoms with Crippen molar-refractivity contribution in [1.29, 1.82) is 0 Å². The van der Waals surface area contributed by atoms with Crippen molar-refractivity contribution in [1.82, 2.24) is 15.2 Å². The molecule has 1 aliphatic rings. The topological polar surface area (TPSA) is 57.4 Å². The van der Waals surface area contributed by atoms with Crippen molar-refractivity contribution in [2.45, 2.75) is 6.04 Å². The number of amides is 1. The van der Waals surface area contributed by atoms with Gasteiger partial charge in [-0.1, -0.05) is 24.3 Å². The highest BCUT2D eigenvalue weighted by atomic mass is 32.1. The zero-order valence-corrected chi connectivity index (χ0v) is 14.7. The van der Waals surface area contributed by atoms with Crippen molar-refractivity contribution in [2.24, 2.45) is 0 Å². The third-order valence-corrected chi connectivity index (χ3v) is 5.56. The fraction of sp³-hybridized carbons (Fsp3) is 0.316. The van der Waals surface area contributed by atoms with Gasteiger partial charge in [0, 0.05) is 35.4 Å². The number of rotatable bonds is 5. The number of hydrogen-bond donors (Lipinski definition) is 2. The van der Waals surface area contributed by atoms with Gasteiger partial charge in [0.25, 0.3) is 5.91 Å². The number of morpholine rings is 1. The van der Waals surface area contributed by atoms with Crippen LogP contribution in [0, 0.1) is 0 Å². The van der Waals surface area contributed by atoms with E-state index in [4.69, 9.17) is 4.74 Å². The van der Waals surface area contributed by atoms with Crippen molar-refractivity contribution >= 4 is 28.1 Å². The van der Waals surface area contributed by atoms with E-state index in [0.29, 0.717) is 12.2 Å². The Balaban J connectivity index is 1.47. The first-order valence-electron chi connectivity index (χ1n) is 8.52. The van der Waals surface area contributed by atoms with Crippen LogP contribution in [0.2, 0.25) is 0 Å². The van der Waals surface area contributed by atoms with Gasteiger partial charge < -0.3 is 15.0 Å². The second-order valence-corrected chi connectivity index (χ2v) is 7.14. The summed E-state index contributed by atoms with van der Waals surface area (Å²) in [7, 11) is 0. The number of nitrogens with one attached hydrogen (secondary N) is 2. The van der Waals surface area contributed by atoms with Crippen molar-refractivity contribution in [3.8, 4) is 0 Å². The predicted molar refractivity (Wildman–Crippen MR) is 100 cm³/mol. The van der Waals surface area contributed by atoms with Crippen LogP contribution in [0.15, 0.2) is 47.8 Å². The molecule has 1 saturated heterocycles. The van der Waals surface area contributed by atoms with E-state index in [2.05, 4.69) is 32.7 Å². The Bertz CT molecular complexity index is 804. The average Bonchev–Trinajstić information content (AvgIpc) is 3.32. The lowest BCUT2D eigenvalue weighted by atomic mass is 10.2. The van der Waals surface area contributed by atoms with Crippen LogP contribution in [0.4, 0.5) is 0 Å². The average molecular weight is 355 g/mol. The Morgan fingerprint density at radius 1 is 1.24 bits per heavy atom. The van der Waals surface area contributed by atoms with Gasteiger partial charge in [-0.3, -0.25) is 9.69 Å². The summed E-state index contributed by atoms with van der Waals surface area (Å²) in [6.07, 6.45) is 0. The minimum Gasteiger partial charge on any atom is -0.379 e. The van der Waals surface area contributed by atoms with Gasteiger partial charge in [0.15, 0.2) is 0 Å². The molecular formula is C19H21N3O2S. The van der Waals surface area contributed by atoms with E-state index < -0.39 is 0 Å². The third kappa shape index (κ3) is 3.61. The maximum absolute atomic E-state index is 12.6. The van der Waals surface area contributed by atoms with E-state index in [0.717, 1.165) is 37.2 Å². The van der Waals surface area contributed by atoms with Crippen molar-refractivity contribution in [3.63, 3.8) is 0 Å². The fourth-order valence-electron chi connectivity index (χ4n) is 3.26. The van der Waals surface area contributed by atoms with Gasteiger partial charge in [-0.05, 0) is 23.6 Å². The molecule has 5 nitrogen and oxygen atoms in total. The van der Waals surface area contributed by atoms with Crippen LogP contribution < -0.4 is 5.32 Å². The lowest BCUT2D eigenvalue weighted by Gasteiger charge is -2.34. The molecule has 0 aliphatic carbocycles. The lowest BCUT2D eigenvalue weighted by Crippen LogP contribution is -2.43. The zero-order valence-electron chi connectivity index (χ0n) is 13.9. The number of carbonyl (C=O) groups is 1. The molecule has 0 bridgehead atoms. The number of para-hydroxylation sites is 1. The highest BCUT2D eigenvalue weighted by Gasteiger charge is 2.24. The number of H-pyrrole nitrogens is 1. The summed E-state index contributed by atoms with van der Waals surface area (Å²) >= 11 is 1.73. The number of fused-ring (bicyclic) bond motifs is 1. The van der Waals surface area contributed by atoms with Gasteiger partial charge in [0.2, 0.25) is 0 Å². The maximum Gasteiger partial charge on any atom is 0.267 e. The number of aromatic amines is 1. The number of nitrogens with zero attached hydrogens (tertiary/aromatic N) is 1. The molecule has 2 aromatic heterocycles. The number of aromatic nitrogens is 1. The highest BCUT2D eigenvalue weighted by molar-refractivity contribution is 7.10. The summed E-state index contributed by atoms with van der Waals surface area (Å²) in [4.78, 5) is 19.4. The van der Waals surface area contributed by atoms with Crippen LogP contribution in [0.1, 0.15) is 21.4 Å². The number of benzene rings is 1. The summed E-state index contributed by atoms with van der Waals surface area (Å²) in [5, 5.41) is 6.24. The first kappa shape index (κ1) is 16.3. The Hall–Kier alpha value is -2.15. The monoisotopic (exact) mass is 355 g/mol. The Morgan fingerprint density at radius 2 is 2.08 bits per heavy atom. The van der Waals surface area contributed by atoms with Gasteiger partial charge in [-0.2, -0.15) is 0 Å². The van der Waals surface area contributed by atoms with Crippen LogP contribution in [-0.2, 0) is 4.74 Å². The normalized spacial score (nSPS) is 16.8. The summed E-state index contributed by atoms with van der Waals surface area (Å²) in [5.74, 6) is -0.0639. The van der Waals surface area contributed by atoms with E-state index in [1.165, 1.54) is 4.88 Å². The van der Waals surface area contributed by atoms with Crippen molar-refractivity contribution in [3.05, 3.63) is 58.4 Å². The van der Waals surface area contributed by atoms with E-state index in [-0.39, 0.29) is 11.9 Å². The highest BCUT2D eigenvalue weighted by Crippen LogP contribution is 2.25. The Kier molecular flexibility index (Phi) is 4.83. The van der Waals surface area contributed by atoms with Crippen molar-refractivity contribution < 1.29 is 9.53 Å². The molecule has 25 heavy (non-hydrogen) atoms. The maximum atomic E-state index is 12.6. The molecule has 1 atom stereocenters. The van der Waals surface area contributed by atoms with Gasteiger partial charge in [0.1, 0.15) is 5.69 Å². The number of ether oxygens (including phenoxy) is 1. The smallest absolute Gasteiger partial charge is 0.267 e. The molecule has 1 aliphatic heterocycles. The number of thiophene rings is 1. The first-order valence-corrected chi connectivity index (χ1v) is 9.40. The molecule has 4 rings (SSSR count). The predicted octanol–water partition coefficient (Wildman–Crippen LogP) is 3.03. The Labute approximate surface area is 150 Å². The van der Waals surface area contributed by atoms with E-state index >= 15 is 0 Å².